The van der Waals surface area contributed by atoms with Crippen molar-refractivity contribution in [1.82, 2.24) is 9.80 Å². The van der Waals surface area contributed by atoms with Crippen LogP contribution >= 0.6 is 0 Å². The highest BCUT2D eigenvalue weighted by molar-refractivity contribution is 4.92. The van der Waals surface area contributed by atoms with Crippen LogP contribution < -0.4 is 0 Å². The van der Waals surface area contributed by atoms with Gasteiger partial charge in [-0.3, -0.25) is 9.80 Å². The van der Waals surface area contributed by atoms with Gasteiger partial charge in [0.1, 0.15) is 0 Å². The van der Waals surface area contributed by atoms with E-state index in [1.54, 1.807) is 0 Å². The van der Waals surface area contributed by atoms with Crippen LogP contribution in [-0.4, -0.2) is 70.0 Å². The summed E-state index contributed by atoms with van der Waals surface area (Å²) in [4.78, 5) is 5.00. The van der Waals surface area contributed by atoms with E-state index in [1.165, 1.54) is 6.42 Å². The lowest BCUT2D eigenvalue weighted by Crippen LogP contribution is -2.57. The standard InChI is InChI=1S/C20H40N2O2/c1-15(2)21-14-20(7,11-9-16(21)3)24-12-18(5)22-13-19(6,23)10-8-17(22)4/h15-18,23H,8-14H2,1-7H3/t16-,17-,18?,19+,20-/m1/s1. The van der Waals surface area contributed by atoms with Crippen LogP contribution in [0.5, 0.6) is 0 Å². The highest BCUT2D eigenvalue weighted by atomic mass is 16.5. The van der Waals surface area contributed by atoms with Gasteiger partial charge in [0.15, 0.2) is 0 Å². The average Bonchev–Trinajstić information content (AvgIpc) is 2.50. The van der Waals surface area contributed by atoms with Gasteiger partial charge in [-0.05, 0) is 74.1 Å². The second-order valence-corrected chi connectivity index (χ2v) is 9.32. The summed E-state index contributed by atoms with van der Waals surface area (Å²) in [7, 11) is 0. The highest BCUT2D eigenvalue weighted by Gasteiger charge is 2.38. The van der Waals surface area contributed by atoms with Crippen molar-refractivity contribution in [1.29, 1.82) is 0 Å². The summed E-state index contributed by atoms with van der Waals surface area (Å²) in [6.07, 6.45) is 4.31. The topological polar surface area (TPSA) is 35.9 Å². The van der Waals surface area contributed by atoms with Gasteiger partial charge in [0.25, 0.3) is 0 Å². The first-order valence-electron chi connectivity index (χ1n) is 9.91. The van der Waals surface area contributed by atoms with Crippen molar-refractivity contribution < 1.29 is 9.84 Å². The summed E-state index contributed by atoms with van der Waals surface area (Å²) in [6.45, 7) is 18.2. The number of likely N-dealkylation sites (tertiary alicyclic amines) is 2. The molecule has 0 aromatic carbocycles. The van der Waals surface area contributed by atoms with Crippen LogP contribution in [0.4, 0.5) is 0 Å². The Balaban J connectivity index is 1.91. The Hall–Kier alpha value is -0.160. The molecular weight excluding hydrogens is 300 g/mol. The van der Waals surface area contributed by atoms with Gasteiger partial charge in [-0.25, -0.2) is 0 Å². The Kier molecular flexibility index (Phi) is 6.39. The predicted molar refractivity (Wildman–Crippen MR) is 100 cm³/mol. The first-order valence-corrected chi connectivity index (χ1v) is 9.91. The zero-order valence-electron chi connectivity index (χ0n) is 17.0. The zero-order chi connectivity index (χ0) is 18.1. The van der Waals surface area contributed by atoms with Crippen molar-refractivity contribution in [2.45, 2.75) is 110 Å². The second kappa shape index (κ2) is 7.61. The van der Waals surface area contributed by atoms with Gasteiger partial charge >= 0.3 is 0 Å². The van der Waals surface area contributed by atoms with Crippen LogP contribution in [0.15, 0.2) is 0 Å². The molecule has 2 rings (SSSR count). The summed E-state index contributed by atoms with van der Waals surface area (Å²) >= 11 is 0. The van der Waals surface area contributed by atoms with Crippen molar-refractivity contribution in [2.75, 3.05) is 19.7 Å². The molecule has 0 aromatic rings. The Morgan fingerprint density at radius 1 is 1.00 bits per heavy atom. The lowest BCUT2D eigenvalue weighted by Gasteiger charge is -2.48. The molecule has 5 atom stereocenters. The molecule has 24 heavy (non-hydrogen) atoms. The quantitative estimate of drug-likeness (QED) is 0.833. The lowest BCUT2D eigenvalue weighted by molar-refractivity contribution is -0.122. The minimum absolute atomic E-state index is 0.0490. The minimum atomic E-state index is -0.556. The maximum absolute atomic E-state index is 10.4. The number of aliphatic hydroxyl groups is 1. The van der Waals surface area contributed by atoms with Crippen LogP contribution in [-0.2, 0) is 4.74 Å². The minimum Gasteiger partial charge on any atom is -0.389 e. The Morgan fingerprint density at radius 3 is 2.21 bits per heavy atom. The van der Waals surface area contributed by atoms with Crippen LogP contribution in [0.2, 0.25) is 0 Å². The van der Waals surface area contributed by atoms with E-state index in [-0.39, 0.29) is 5.60 Å². The molecular formula is C20H40N2O2. The van der Waals surface area contributed by atoms with Crippen LogP contribution in [0.1, 0.15) is 74.1 Å². The smallest absolute Gasteiger partial charge is 0.0782 e. The van der Waals surface area contributed by atoms with E-state index in [4.69, 9.17) is 4.74 Å². The van der Waals surface area contributed by atoms with E-state index >= 15 is 0 Å². The van der Waals surface area contributed by atoms with Gasteiger partial charge in [-0.2, -0.15) is 0 Å². The molecule has 1 unspecified atom stereocenters. The first-order chi connectivity index (χ1) is 11.0. The van der Waals surface area contributed by atoms with Gasteiger partial charge in [-0.1, -0.05) is 0 Å². The van der Waals surface area contributed by atoms with Crippen molar-refractivity contribution in [3.8, 4) is 0 Å². The molecule has 2 saturated heterocycles. The van der Waals surface area contributed by atoms with Crippen molar-refractivity contribution in [3.63, 3.8) is 0 Å². The summed E-state index contributed by atoms with van der Waals surface area (Å²) in [5, 5.41) is 10.4. The molecule has 2 fully saturated rings. The van der Waals surface area contributed by atoms with Crippen LogP contribution in [0, 0.1) is 0 Å². The molecule has 2 aliphatic rings. The van der Waals surface area contributed by atoms with Gasteiger partial charge < -0.3 is 9.84 Å². The van der Waals surface area contributed by atoms with Gasteiger partial charge in [0.05, 0.1) is 17.8 Å². The number of rotatable bonds is 5. The number of piperidine rings is 2. The Morgan fingerprint density at radius 2 is 1.58 bits per heavy atom. The molecule has 1 N–H and O–H groups in total. The zero-order valence-corrected chi connectivity index (χ0v) is 17.0. The third kappa shape index (κ3) is 4.94. The number of hydrogen-bond acceptors (Lipinski definition) is 4. The fourth-order valence-electron chi connectivity index (χ4n) is 4.43. The van der Waals surface area contributed by atoms with E-state index in [0.29, 0.717) is 24.2 Å². The molecule has 0 radical (unpaired) electrons. The second-order valence-electron chi connectivity index (χ2n) is 9.32. The molecule has 4 heteroatoms. The normalized spacial score (nSPS) is 40.9. The molecule has 0 saturated carbocycles. The maximum atomic E-state index is 10.4. The van der Waals surface area contributed by atoms with Crippen LogP contribution in [0.3, 0.4) is 0 Å². The largest absolute Gasteiger partial charge is 0.389 e. The van der Waals surface area contributed by atoms with E-state index in [9.17, 15) is 5.11 Å². The van der Waals surface area contributed by atoms with E-state index in [0.717, 1.165) is 39.0 Å². The third-order valence-corrected chi connectivity index (χ3v) is 6.27. The molecule has 2 aliphatic heterocycles. The maximum Gasteiger partial charge on any atom is 0.0782 e. The summed E-state index contributed by atoms with van der Waals surface area (Å²) < 4.78 is 6.47. The molecule has 2 heterocycles. The number of β-amino-alcohol motifs (C(OH)–C–C–N with tert-alkyl or cyclic N) is 1. The summed E-state index contributed by atoms with van der Waals surface area (Å²) in [5.74, 6) is 0. The molecule has 0 aliphatic carbocycles. The van der Waals surface area contributed by atoms with Crippen molar-refractivity contribution in [2.24, 2.45) is 0 Å². The summed E-state index contributed by atoms with van der Waals surface area (Å²) in [6, 6.07) is 2.08. The molecule has 0 bridgehead atoms. The predicted octanol–water partition coefficient (Wildman–Crippen LogP) is 3.28. The van der Waals surface area contributed by atoms with E-state index in [1.807, 2.05) is 6.92 Å². The fourth-order valence-corrected chi connectivity index (χ4v) is 4.43. The molecule has 142 valence electrons. The van der Waals surface area contributed by atoms with Crippen molar-refractivity contribution >= 4 is 0 Å². The SMILES string of the molecule is CC(C)N1C[C@](C)(OCC(C)N2C[C@@](C)(O)CC[C@H]2C)CC[C@H]1C. The lowest BCUT2D eigenvalue weighted by atomic mass is 9.89. The summed E-state index contributed by atoms with van der Waals surface area (Å²) in [5.41, 5.74) is -0.605. The molecule has 0 aromatic heterocycles. The number of hydrogen-bond donors (Lipinski definition) is 1. The Labute approximate surface area is 149 Å². The average molecular weight is 341 g/mol. The van der Waals surface area contributed by atoms with Crippen molar-refractivity contribution in [3.05, 3.63) is 0 Å². The molecule has 4 nitrogen and oxygen atoms in total. The monoisotopic (exact) mass is 340 g/mol. The highest BCUT2D eigenvalue weighted by Crippen LogP contribution is 2.31. The van der Waals surface area contributed by atoms with Crippen LogP contribution in [0.25, 0.3) is 0 Å². The number of ether oxygens (including phenoxy) is 1. The van der Waals surface area contributed by atoms with E-state index in [2.05, 4.69) is 51.3 Å². The third-order valence-electron chi connectivity index (χ3n) is 6.27. The first kappa shape index (κ1) is 20.2. The molecule has 0 spiro atoms. The number of nitrogens with zero attached hydrogens (tertiary/aromatic N) is 2. The van der Waals surface area contributed by atoms with Gasteiger partial charge in [0, 0.05) is 37.3 Å². The van der Waals surface area contributed by atoms with Gasteiger partial charge in [0.2, 0.25) is 0 Å². The molecule has 0 amide bonds. The van der Waals surface area contributed by atoms with E-state index < -0.39 is 5.60 Å². The van der Waals surface area contributed by atoms with Gasteiger partial charge in [-0.15, -0.1) is 0 Å². The fraction of sp³-hybridized carbons (Fsp3) is 1.00. The Bertz CT molecular complexity index is 412.